The molecule has 0 radical (unpaired) electrons. The van der Waals surface area contributed by atoms with Gasteiger partial charge in [-0.25, -0.2) is 8.78 Å². The molecule has 10 rings (SSSR count). The highest BCUT2D eigenvalue weighted by Crippen LogP contribution is 2.43. The van der Waals surface area contributed by atoms with E-state index in [2.05, 4.69) is 174 Å². The van der Waals surface area contributed by atoms with Gasteiger partial charge >= 0.3 is 0 Å². The molecular formula is C54H39F2N3. The Balaban J connectivity index is 1.22. The molecular weight excluding hydrogens is 729 g/mol. The number of rotatable bonds is 8. The number of fused-ring (bicyclic) bond motifs is 4. The molecule has 0 atom stereocenters. The molecule has 10 aromatic rings. The van der Waals surface area contributed by atoms with E-state index in [1.807, 2.05) is 30.3 Å². The molecule has 1 aromatic heterocycles. The third-order valence-corrected chi connectivity index (χ3v) is 11.1. The van der Waals surface area contributed by atoms with Gasteiger partial charge in [0, 0.05) is 50.6 Å². The number of anilines is 6. The zero-order valence-electron chi connectivity index (χ0n) is 32.7. The summed E-state index contributed by atoms with van der Waals surface area (Å²) in [6.07, 6.45) is 0. The van der Waals surface area contributed by atoms with Gasteiger partial charge in [0.2, 0.25) is 0 Å². The van der Waals surface area contributed by atoms with E-state index in [-0.39, 0.29) is 11.6 Å². The van der Waals surface area contributed by atoms with Crippen molar-refractivity contribution >= 4 is 66.7 Å². The van der Waals surface area contributed by atoms with Crippen molar-refractivity contribution in [2.24, 2.45) is 0 Å². The molecule has 0 saturated carbocycles. The molecule has 59 heavy (non-hydrogen) atoms. The summed E-state index contributed by atoms with van der Waals surface area (Å²) in [5, 5.41) is 4.44. The molecule has 0 aliphatic heterocycles. The molecule has 0 amide bonds. The zero-order valence-corrected chi connectivity index (χ0v) is 32.7. The lowest BCUT2D eigenvalue weighted by molar-refractivity contribution is 0.627. The molecule has 0 spiro atoms. The summed E-state index contributed by atoms with van der Waals surface area (Å²) in [5.41, 5.74) is 13.3. The third kappa shape index (κ3) is 6.77. The maximum absolute atomic E-state index is 14.3. The fourth-order valence-corrected chi connectivity index (χ4v) is 8.36. The largest absolute Gasteiger partial charge is 0.310 e. The summed E-state index contributed by atoms with van der Waals surface area (Å²) in [6, 6.07) is 67.0. The summed E-state index contributed by atoms with van der Waals surface area (Å²) < 4.78 is 30.9. The first kappa shape index (κ1) is 35.9. The van der Waals surface area contributed by atoms with E-state index in [0.717, 1.165) is 94.6 Å². The Labute approximate surface area is 342 Å². The van der Waals surface area contributed by atoms with Crippen molar-refractivity contribution in [3.63, 3.8) is 0 Å². The third-order valence-electron chi connectivity index (χ3n) is 11.1. The van der Waals surface area contributed by atoms with Gasteiger partial charge < -0.3 is 14.4 Å². The topological polar surface area (TPSA) is 11.4 Å². The van der Waals surface area contributed by atoms with Crippen molar-refractivity contribution in [3.8, 4) is 16.8 Å². The number of hydrogen-bond donors (Lipinski definition) is 0. The number of hydrogen-bond acceptors (Lipinski definition) is 2. The Bertz CT molecular complexity index is 3150. The Morgan fingerprint density at radius 2 is 0.881 bits per heavy atom. The molecule has 3 nitrogen and oxygen atoms in total. The van der Waals surface area contributed by atoms with Crippen LogP contribution in [0.3, 0.4) is 0 Å². The van der Waals surface area contributed by atoms with Crippen LogP contribution in [0.4, 0.5) is 42.9 Å². The molecule has 5 heteroatoms. The smallest absolute Gasteiger partial charge is 0.123 e. The van der Waals surface area contributed by atoms with Crippen LogP contribution in [-0.4, -0.2) is 4.57 Å². The van der Waals surface area contributed by atoms with Crippen LogP contribution in [-0.2, 0) is 0 Å². The minimum absolute atomic E-state index is 0.272. The first-order chi connectivity index (χ1) is 28.9. The van der Waals surface area contributed by atoms with Crippen molar-refractivity contribution < 1.29 is 8.78 Å². The summed E-state index contributed by atoms with van der Waals surface area (Å²) in [6.45, 7) is 4.17. The molecule has 9 aromatic carbocycles. The van der Waals surface area contributed by atoms with Crippen LogP contribution in [0.1, 0.15) is 11.1 Å². The Morgan fingerprint density at radius 3 is 1.51 bits per heavy atom. The fraction of sp³-hybridized carbons (Fsp3) is 0.0370. The Morgan fingerprint density at radius 1 is 0.356 bits per heavy atom. The van der Waals surface area contributed by atoms with E-state index in [4.69, 9.17) is 0 Å². The minimum Gasteiger partial charge on any atom is -0.310 e. The summed E-state index contributed by atoms with van der Waals surface area (Å²) >= 11 is 0. The number of aryl methyl sites for hydroxylation is 2. The molecule has 0 fully saturated rings. The lowest BCUT2D eigenvalue weighted by Gasteiger charge is -2.26. The van der Waals surface area contributed by atoms with Gasteiger partial charge in [-0.3, -0.25) is 0 Å². The van der Waals surface area contributed by atoms with Gasteiger partial charge in [-0.05, 0) is 168 Å². The van der Waals surface area contributed by atoms with E-state index in [1.165, 1.54) is 24.3 Å². The van der Waals surface area contributed by atoms with E-state index in [1.54, 1.807) is 0 Å². The second kappa shape index (κ2) is 14.8. The molecule has 284 valence electrons. The van der Waals surface area contributed by atoms with Gasteiger partial charge in [0.25, 0.3) is 0 Å². The fourth-order valence-electron chi connectivity index (χ4n) is 8.36. The summed E-state index contributed by atoms with van der Waals surface area (Å²) in [7, 11) is 0. The van der Waals surface area contributed by atoms with Crippen LogP contribution >= 0.6 is 0 Å². The Hall–Kier alpha value is -7.50. The van der Waals surface area contributed by atoms with Crippen LogP contribution in [0, 0.1) is 25.5 Å². The molecule has 0 aliphatic rings. The number of nitrogens with zero attached hydrogens (tertiary/aromatic N) is 3. The van der Waals surface area contributed by atoms with Crippen molar-refractivity contribution in [1.82, 2.24) is 4.57 Å². The zero-order chi connectivity index (χ0) is 40.0. The molecule has 0 unspecified atom stereocenters. The normalized spacial score (nSPS) is 11.4. The second-order valence-corrected chi connectivity index (χ2v) is 15.2. The lowest BCUT2D eigenvalue weighted by atomic mass is 10.0. The van der Waals surface area contributed by atoms with Crippen LogP contribution in [0.2, 0.25) is 0 Å². The molecule has 0 aliphatic carbocycles. The number of aromatic nitrogens is 1. The van der Waals surface area contributed by atoms with Crippen molar-refractivity contribution in [2.75, 3.05) is 9.80 Å². The van der Waals surface area contributed by atoms with E-state index >= 15 is 0 Å². The predicted octanol–water partition coefficient (Wildman–Crippen LogP) is 15.4. The number of halogens is 2. The van der Waals surface area contributed by atoms with Crippen LogP contribution in [0.15, 0.2) is 200 Å². The van der Waals surface area contributed by atoms with Crippen LogP contribution in [0.25, 0.3) is 49.4 Å². The summed E-state index contributed by atoms with van der Waals surface area (Å²) in [4.78, 5) is 4.36. The second-order valence-electron chi connectivity index (χ2n) is 15.2. The van der Waals surface area contributed by atoms with Gasteiger partial charge in [-0.15, -0.1) is 0 Å². The monoisotopic (exact) mass is 767 g/mol. The first-order valence-corrected chi connectivity index (χ1v) is 19.8. The average Bonchev–Trinajstić information content (AvgIpc) is 3.57. The van der Waals surface area contributed by atoms with Crippen LogP contribution in [0.5, 0.6) is 0 Å². The van der Waals surface area contributed by atoms with Crippen molar-refractivity contribution in [3.05, 3.63) is 223 Å². The maximum atomic E-state index is 14.3. The quantitative estimate of drug-likeness (QED) is 0.153. The molecule has 0 saturated heterocycles. The van der Waals surface area contributed by atoms with Crippen molar-refractivity contribution in [2.45, 2.75) is 13.8 Å². The van der Waals surface area contributed by atoms with Gasteiger partial charge in [-0.2, -0.15) is 0 Å². The summed E-state index contributed by atoms with van der Waals surface area (Å²) in [5.74, 6) is -0.549. The molecule has 0 N–H and O–H groups in total. The van der Waals surface area contributed by atoms with Gasteiger partial charge in [0.1, 0.15) is 11.6 Å². The predicted molar refractivity (Wildman–Crippen MR) is 242 cm³/mol. The SMILES string of the molecule is Cc1cccc(N(c2ccc(F)cc2)c2ccc3cc4c5ccc(N(c6ccc(F)cc6)c6cccc(C)c6)cc5n(-c5cccc(-c6ccccc6)c5)c4cc3c2)c1. The van der Waals surface area contributed by atoms with Crippen LogP contribution < -0.4 is 9.80 Å². The highest BCUT2D eigenvalue weighted by molar-refractivity contribution is 6.15. The van der Waals surface area contributed by atoms with E-state index in [0.29, 0.717) is 0 Å². The molecule has 1 heterocycles. The Kier molecular flexibility index (Phi) is 8.99. The number of benzene rings is 9. The average molecular weight is 768 g/mol. The van der Waals surface area contributed by atoms with E-state index in [9.17, 15) is 8.78 Å². The standard InChI is InChI=1S/C54H39F2N3/c1-36-9-6-14-46(29-36)57(44-23-18-42(55)19-24-44)49-22-17-40-33-52-51-28-27-50(58(45-25-20-43(56)21-26-45)47-15-7-10-37(2)30-47)35-54(51)59(53(52)34-41(40)32-49)48-16-8-13-39(31-48)38-11-4-3-5-12-38/h3-35H,1-2H3. The minimum atomic E-state index is -0.276. The van der Waals surface area contributed by atoms with Gasteiger partial charge in [-0.1, -0.05) is 78.9 Å². The lowest BCUT2D eigenvalue weighted by Crippen LogP contribution is -2.10. The maximum Gasteiger partial charge on any atom is 0.123 e. The van der Waals surface area contributed by atoms with E-state index < -0.39 is 0 Å². The highest BCUT2D eigenvalue weighted by Gasteiger charge is 2.20. The molecule has 0 bridgehead atoms. The first-order valence-electron chi connectivity index (χ1n) is 19.8. The highest BCUT2D eigenvalue weighted by atomic mass is 19.1. The van der Waals surface area contributed by atoms with Gasteiger partial charge in [0.15, 0.2) is 0 Å². The van der Waals surface area contributed by atoms with Gasteiger partial charge in [0.05, 0.1) is 11.0 Å². The van der Waals surface area contributed by atoms with Crippen molar-refractivity contribution in [1.29, 1.82) is 0 Å².